The second-order valence-electron chi connectivity index (χ2n) is 3.14. The Balaban J connectivity index is 3.60. The Morgan fingerprint density at radius 1 is 1.46 bits per heavy atom. The minimum Gasteiger partial charge on any atom is -0.462 e. The highest BCUT2D eigenvalue weighted by Crippen LogP contribution is 2.07. The Morgan fingerprint density at radius 2 is 2.15 bits per heavy atom. The Kier molecular flexibility index (Phi) is 7.69. The fourth-order valence-corrected chi connectivity index (χ4v) is 1.14. The van der Waals surface area contributed by atoms with E-state index in [9.17, 15) is 4.79 Å². The number of rotatable bonds is 7. The SMILES string of the molecule is CCCC(CC)OC(=O)CCCO. The number of ether oxygens (including phenoxy) is 1. The third-order valence-corrected chi connectivity index (χ3v) is 1.90. The van der Waals surface area contributed by atoms with Gasteiger partial charge in [0, 0.05) is 13.0 Å². The fraction of sp³-hybridized carbons (Fsp3) is 0.900. The molecule has 0 saturated heterocycles. The van der Waals surface area contributed by atoms with Crippen molar-refractivity contribution in [2.75, 3.05) is 6.61 Å². The number of aliphatic hydroxyl groups excluding tert-OH is 1. The summed E-state index contributed by atoms with van der Waals surface area (Å²) < 4.78 is 5.19. The molecule has 0 bridgehead atoms. The van der Waals surface area contributed by atoms with Crippen LogP contribution in [0.1, 0.15) is 46.0 Å². The highest BCUT2D eigenvalue weighted by atomic mass is 16.5. The maximum Gasteiger partial charge on any atom is 0.306 e. The average Bonchev–Trinajstić information content (AvgIpc) is 2.14. The zero-order valence-electron chi connectivity index (χ0n) is 8.58. The van der Waals surface area contributed by atoms with Gasteiger partial charge >= 0.3 is 5.97 Å². The fourth-order valence-electron chi connectivity index (χ4n) is 1.14. The normalized spacial score (nSPS) is 12.5. The lowest BCUT2D eigenvalue weighted by Crippen LogP contribution is -2.17. The van der Waals surface area contributed by atoms with Crippen molar-refractivity contribution in [3.05, 3.63) is 0 Å². The molecular weight excluding hydrogens is 168 g/mol. The number of hydrogen-bond acceptors (Lipinski definition) is 3. The summed E-state index contributed by atoms with van der Waals surface area (Å²) in [6.45, 7) is 4.14. The maximum atomic E-state index is 11.1. The Hall–Kier alpha value is -0.570. The van der Waals surface area contributed by atoms with E-state index in [2.05, 4.69) is 6.92 Å². The van der Waals surface area contributed by atoms with Crippen molar-refractivity contribution < 1.29 is 14.6 Å². The first kappa shape index (κ1) is 12.4. The molecule has 0 rings (SSSR count). The molecular formula is C10H20O3. The van der Waals surface area contributed by atoms with Crippen LogP contribution in [0.3, 0.4) is 0 Å². The summed E-state index contributed by atoms with van der Waals surface area (Å²) in [4.78, 5) is 11.1. The van der Waals surface area contributed by atoms with Crippen molar-refractivity contribution in [2.24, 2.45) is 0 Å². The van der Waals surface area contributed by atoms with Crippen molar-refractivity contribution in [1.29, 1.82) is 0 Å². The van der Waals surface area contributed by atoms with Crippen LogP contribution in [0.4, 0.5) is 0 Å². The third-order valence-electron chi connectivity index (χ3n) is 1.90. The largest absolute Gasteiger partial charge is 0.462 e. The van der Waals surface area contributed by atoms with Crippen LogP contribution in [0.2, 0.25) is 0 Å². The number of esters is 1. The van der Waals surface area contributed by atoms with Crippen LogP contribution in [0.25, 0.3) is 0 Å². The molecule has 0 aliphatic heterocycles. The first-order valence-corrected chi connectivity index (χ1v) is 5.04. The first-order chi connectivity index (χ1) is 6.24. The zero-order chi connectivity index (χ0) is 10.1. The van der Waals surface area contributed by atoms with Crippen molar-refractivity contribution in [3.8, 4) is 0 Å². The van der Waals surface area contributed by atoms with E-state index in [4.69, 9.17) is 9.84 Å². The minimum absolute atomic E-state index is 0.0552. The molecule has 78 valence electrons. The lowest BCUT2D eigenvalue weighted by Gasteiger charge is -2.14. The molecule has 0 aromatic carbocycles. The van der Waals surface area contributed by atoms with Gasteiger partial charge in [0.2, 0.25) is 0 Å². The van der Waals surface area contributed by atoms with Crippen LogP contribution in [-0.2, 0) is 9.53 Å². The standard InChI is InChI=1S/C10H20O3/c1-3-6-9(4-2)13-10(12)7-5-8-11/h9,11H,3-8H2,1-2H3. The van der Waals surface area contributed by atoms with Crippen LogP contribution in [0.5, 0.6) is 0 Å². The van der Waals surface area contributed by atoms with Gasteiger partial charge in [-0.25, -0.2) is 0 Å². The van der Waals surface area contributed by atoms with Gasteiger partial charge in [-0.15, -0.1) is 0 Å². The van der Waals surface area contributed by atoms with E-state index in [0.29, 0.717) is 12.8 Å². The molecule has 1 atom stereocenters. The first-order valence-electron chi connectivity index (χ1n) is 5.04. The van der Waals surface area contributed by atoms with Gasteiger partial charge in [-0.3, -0.25) is 4.79 Å². The molecule has 0 aliphatic rings. The predicted octanol–water partition coefficient (Wildman–Crippen LogP) is 1.88. The summed E-state index contributed by atoms with van der Waals surface area (Å²) >= 11 is 0. The summed E-state index contributed by atoms with van der Waals surface area (Å²) in [5, 5.41) is 8.50. The van der Waals surface area contributed by atoms with E-state index in [-0.39, 0.29) is 18.7 Å². The van der Waals surface area contributed by atoms with E-state index in [1.807, 2.05) is 6.92 Å². The molecule has 1 unspecified atom stereocenters. The molecule has 0 heterocycles. The van der Waals surface area contributed by atoms with Gasteiger partial charge in [0.15, 0.2) is 0 Å². The highest BCUT2D eigenvalue weighted by Gasteiger charge is 2.10. The van der Waals surface area contributed by atoms with Crippen LogP contribution in [0, 0.1) is 0 Å². The molecule has 3 nitrogen and oxygen atoms in total. The van der Waals surface area contributed by atoms with Gasteiger partial charge in [-0.1, -0.05) is 20.3 Å². The lowest BCUT2D eigenvalue weighted by atomic mass is 10.1. The number of hydrogen-bond donors (Lipinski definition) is 1. The quantitative estimate of drug-likeness (QED) is 0.620. The van der Waals surface area contributed by atoms with E-state index in [1.165, 1.54) is 0 Å². The van der Waals surface area contributed by atoms with Crippen molar-refractivity contribution >= 4 is 5.97 Å². The highest BCUT2D eigenvalue weighted by molar-refractivity contribution is 5.69. The summed E-state index contributed by atoms with van der Waals surface area (Å²) in [7, 11) is 0. The van der Waals surface area contributed by atoms with Crippen molar-refractivity contribution in [3.63, 3.8) is 0 Å². The van der Waals surface area contributed by atoms with Gasteiger partial charge in [-0.2, -0.15) is 0 Å². The van der Waals surface area contributed by atoms with Crippen LogP contribution < -0.4 is 0 Å². The Bertz CT molecular complexity index is 134. The summed E-state index contributed by atoms with van der Waals surface area (Å²) in [5.74, 6) is -0.186. The minimum atomic E-state index is -0.186. The van der Waals surface area contributed by atoms with Gasteiger partial charge in [0.25, 0.3) is 0 Å². The molecule has 0 aliphatic carbocycles. The monoisotopic (exact) mass is 188 g/mol. The number of carbonyl (C=O) groups excluding carboxylic acids is 1. The second-order valence-corrected chi connectivity index (χ2v) is 3.14. The van der Waals surface area contributed by atoms with Crippen molar-refractivity contribution in [1.82, 2.24) is 0 Å². The smallest absolute Gasteiger partial charge is 0.306 e. The van der Waals surface area contributed by atoms with Gasteiger partial charge in [0.1, 0.15) is 6.10 Å². The van der Waals surface area contributed by atoms with Crippen molar-refractivity contribution in [2.45, 2.75) is 52.1 Å². The lowest BCUT2D eigenvalue weighted by molar-refractivity contribution is -0.149. The topological polar surface area (TPSA) is 46.5 Å². The average molecular weight is 188 g/mol. The molecule has 3 heteroatoms. The molecule has 0 aromatic rings. The predicted molar refractivity (Wildman–Crippen MR) is 51.4 cm³/mol. The van der Waals surface area contributed by atoms with Crippen LogP contribution in [-0.4, -0.2) is 23.8 Å². The van der Waals surface area contributed by atoms with Gasteiger partial charge in [0.05, 0.1) is 0 Å². The second kappa shape index (κ2) is 8.05. The number of aliphatic hydroxyl groups is 1. The Morgan fingerprint density at radius 3 is 2.62 bits per heavy atom. The number of carbonyl (C=O) groups is 1. The molecule has 0 aromatic heterocycles. The molecule has 0 radical (unpaired) electrons. The summed E-state index contributed by atoms with van der Waals surface area (Å²) in [6.07, 6.45) is 3.74. The van der Waals surface area contributed by atoms with Crippen LogP contribution >= 0.6 is 0 Å². The van der Waals surface area contributed by atoms with Gasteiger partial charge in [-0.05, 0) is 19.3 Å². The molecule has 0 amide bonds. The Labute approximate surface area is 80.1 Å². The zero-order valence-corrected chi connectivity index (χ0v) is 8.58. The van der Waals surface area contributed by atoms with E-state index >= 15 is 0 Å². The van der Waals surface area contributed by atoms with E-state index in [0.717, 1.165) is 19.3 Å². The summed E-state index contributed by atoms with van der Waals surface area (Å²) in [5.41, 5.74) is 0. The molecule has 1 N–H and O–H groups in total. The molecule has 0 fully saturated rings. The molecule has 13 heavy (non-hydrogen) atoms. The van der Waals surface area contributed by atoms with E-state index in [1.54, 1.807) is 0 Å². The van der Waals surface area contributed by atoms with E-state index < -0.39 is 0 Å². The van der Waals surface area contributed by atoms with Crippen LogP contribution in [0.15, 0.2) is 0 Å². The van der Waals surface area contributed by atoms with Gasteiger partial charge < -0.3 is 9.84 Å². The molecule has 0 spiro atoms. The maximum absolute atomic E-state index is 11.1. The summed E-state index contributed by atoms with van der Waals surface area (Å²) in [6, 6.07) is 0. The third kappa shape index (κ3) is 6.58. The molecule has 0 saturated carbocycles.